The van der Waals surface area contributed by atoms with Crippen molar-refractivity contribution in [1.29, 1.82) is 0 Å². The number of unbranched alkanes of at least 4 members (excludes halogenated alkanes) is 1. The summed E-state index contributed by atoms with van der Waals surface area (Å²) < 4.78 is 35.3. The lowest BCUT2D eigenvalue weighted by atomic mass is 10.0. The van der Waals surface area contributed by atoms with Crippen molar-refractivity contribution in [3.05, 3.63) is 126 Å². The zero-order valence-corrected chi connectivity index (χ0v) is 26.7. The van der Waals surface area contributed by atoms with Crippen molar-refractivity contribution in [2.24, 2.45) is 0 Å². The van der Waals surface area contributed by atoms with Gasteiger partial charge in [0.05, 0.1) is 17.2 Å². The molecule has 1 N–H and O–H groups in total. The van der Waals surface area contributed by atoms with E-state index in [2.05, 4.69) is 5.32 Å². The fourth-order valence-corrected chi connectivity index (χ4v) is 6.46. The van der Waals surface area contributed by atoms with Crippen LogP contribution in [0, 0.1) is 0 Å². The molecule has 2 amide bonds. The molecule has 8 nitrogen and oxygen atoms in total. The number of nitrogens with one attached hydrogen (secondary N) is 1. The molecule has 4 aromatic carbocycles. The highest BCUT2D eigenvalue weighted by atomic mass is 32.2. The van der Waals surface area contributed by atoms with Gasteiger partial charge in [0, 0.05) is 19.5 Å². The van der Waals surface area contributed by atoms with Crippen LogP contribution < -0.4 is 14.4 Å². The number of benzene rings is 4. The van der Waals surface area contributed by atoms with Gasteiger partial charge in [-0.05, 0) is 48.7 Å². The fraction of sp³-hybridized carbons (Fsp3) is 0.278. The van der Waals surface area contributed by atoms with E-state index in [-0.39, 0.29) is 29.5 Å². The van der Waals surface area contributed by atoms with E-state index < -0.39 is 28.5 Å². The molecule has 0 fully saturated rings. The topological polar surface area (TPSA) is 96.0 Å². The molecule has 1 atom stereocenters. The maximum atomic E-state index is 14.5. The second-order valence-electron chi connectivity index (χ2n) is 10.6. The Morgan fingerprint density at radius 3 is 1.98 bits per heavy atom. The van der Waals surface area contributed by atoms with Crippen LogP contribution in [-0.4, -0.2) is 50.9 Å². The van der Waals surface area contributed by atoms with Gasteiger partial charge in [-0.25, -0.2) is 8.42 Å². The minimum absolute atomic E-state index is 0.0388. The quantitative estimate of drug-likeness (QED) is 0.158. The van der Waals surface area contributed by atoms with Crippen molar-refractivity contribution in [1.82, 2.24) is 10.2 Å². The molecule has 0 heterocycles. The summed E-state index contributed by atoms with van der Waals surface area (Å²) in [4.78, 5) is 29.9. The van der Waals surface area contributed by atoms with Gasteiger partial charge in [-0.2, -0.15) is 0 Å². The summed E-state index contributed by atoms with van der Waals surface area (Å²) in [5.74, 6) is -0.472. The lowest BCUT2D eigenvalue weighted by molar-refractivity contribution is -0.140. The zero-order chi connectivity index (χ0) is 32.1. The lowest BCUT2D eigenvalue weighted by Gasteiger charge is -2.34. The first-order valence-corrected chi connectivity index (χ1v) is 16.7. The van der Waals surface area contributed by atoms with E-state index in [0.717, 1.165) is 28.3 Å². The van der Waals surface area contributed by atoms with Crippen LogP contribution in [0.3, 0.4) is 0 Å². The number of carbonyl (C=O) groups excluding carboxylic acids is 2. The third-order valence-corrected chi connectivity index (χ3v) is 9.11. The predicted molar refractivity (Wildman–Crippen MR) is 177 cm³/mol. The van der Waals surface area contributed by atoms with Crippen molar-refractivity contribution in [2.75, 3.05) is 24.0 Å². The first-order valence-electron chi connectivity index (χ1n) is 15.3. The second kappa shape index (κ2) is 16.4. The van der Waals surface area contributed by atoms with E-state index in [1.807, 2.05) is 74.5 Å². The van der Waals surface area contributed by atoms with Crippen LogP contribution in [0.2, 0.25) is 0 Å². The Balaban J connectivity index is 1.80. The average Bonchev–Trinajstić information content (AvgIpc) is 3.07. The monoisotopic (exact) mass is 627 g/mol. The standard InChI is InChI=1S/C36H41N3O5S/c1-3-5-25-37-36(41)33(26-29-17-9-6-10-18-29)38(27-30-19-11-7-12-20-30)35(40)28-39(32-23-15-16-24-34(32)44-4-2)45(42,43)31-21-13-8-14-22-31/h6-24,33H,3-5,25-28H2,1-2H3,(H,37,41)/t33-/m0/s1. The molecule has 0 bridgehead atoms. The average molecular weight is 628 g/mol. The van der Waals surface area contributed by atoms with Crippen LogP contribution in [0.15, 0.2) is 120 Å². The summed E-state index contributed by atoms with van der Waals surface area (Å²) in [5.41, 5.74) is 1.94. The summed E-state index contributed by atoms with van der Waals surface area (Å²) in [6, 6.07) is 32.8. The van der Waals surface area contributed by atoms with Gasteiger partial charge < -0.3 is 15.0 Å². The molecular weight excluding hydrogens is 586 g/mol. The Morgan fingerprint density at radius 2 is 1.36 bits per heavy atom. The van der Waals surface area contributed by atoms with Gasteiger partial charge in [0.25, 0.3) is 10.0 Å². The van der Waals surface area contributed by atoms with Gasteiger partial charge in [-0.3, -0.25) is 13.9 Å². The van der Waals surface area contributed by atoms with E-state index in [4.69, 9.17) is 4.74 Å². The van der Waals surface area contributed by atoms with Gasteiger partial charge in [0.2, 0.25) is 11.8 Å². The third kappa shape index (κ3) is 8.95. The van der Waals surface area contributed by atoms with Crippen molar-refractivity contribution in [3.63, 3.8) is 0 Å². The molecule has 0 aliphatic rings. The predicted octanol–water partition coefficient (Wildman–Crippen LogP) is 5.84. The van der Waals surface area contributed by atoms with Crippen molar-refractivity contribution >= 4 is 27.5 Å². The molecule has 0 aliphatic heterocycles. The number of carbonyl (C=O) groups is 2. The largest absolute Gasteiger partial charge is 0.492 e. The molecule has 9 heteroatoms. The smallest absolute Gasteiger partial charge is 0.264 e. The van der Waals surface area contributed by atoms with Crippen LogP contribution >= 0.6 is 0 Å². The number of nitrogens with zero attached hydrogens (tertiary/aromatic N) is 2. The molecule has 0 saturated carbocycles. The lowest BCUT2D eigenvalue weighted by Crippen LogP contribution is -2.53. The molecule has 0 radical (unpaired) electrons. The SMILES string of the molecule is CCCCNC(=O)[C@H](Cc1ccccc1)N(Cc1ccccc1)C(=O)CN(c1ccccc1OCC)S(=O)(=O)c1ccccc1. The molecule has 45 heavy (non-hydrogen) atoms. The summed E-state index contributed by atoms with van der Waals surface area (Å²) >= 11 is 0. The van der Waals surface area contributed by atoms with Gasteiger partial charge in [0.1, 0.15) is 18.3 Å². The van der Waals surface area contributed by atoms with Gasteiger partial charge in [0.15, 0.2) is 0 Å². The van der Waals surface area contributed by atoms with Crippen LogP contribution in [-0.2, 0) is 32.6 Å². The maximum Gasteiger partial charge on any atom is 0.264 e. The highest BCUT2D eigenvalue weighted by Crippen LogP contribution is 2.33. The Labute approximate surface area is 266 Å². The number of sulfonamides is 1. The number of rotatable bonds is 16. The molecule has 0 aromatic heterocycles. The molecule has 0 aliphatic carbocycles. The first kappa shape index (κ1) is 33.3. The van der Waals surface area contributed by atoms with Crippen molar-refractivity contribution < 1.29 is 22.7 Å². The number of hydrogen-bond donors (Lipinski definition) is 1. The maximum absolute atomic E-state index is 14.5. The molecule has 0 spiro atoms. The minimum atomic E-state index is -4.21. The van der Waals surface area contributed by atoms with Gasteiger partial charge in [-0.1, -0.05) is 104 Å². The van der Waals surface area contributed by atoms with Crippen molar-refractivity contribution in [2.45, 2.75) is 50.6 Å². The highest BCUT2D eigenvalue weighted by Gasteiger charge is 2.35. The van der Waals surface area contributed by atoms with Gasteiger partial charge >= 0.3 is 0 Å². The molecule has 0 saturated heterocycles. The Morgan fingerprint density at radius 1 is 0.778 bits per heavy atom. The van der Waals surface area contributed by atoms with Crippen LogP contribution in [0.1, 0.15) is 37.8 Å². The normalized spacial score (nSPS) is 11.8. The van der Waals surface area contributed by atoms with Crippen LogP contribution in [0.4, 0.5) is 5.69 Å². The Bertz CT molecular complexity index is 1620. The fourth-order valence-electron chi connectivity index (χ4n) is 5.01. The van der Waals surface area contributed by atoms with Crippen LogP contribution in [0.25, 0.3) is 0 Å². The van der Waals surface area contributed by atoms with E-state index in [0.29, 0.717) is 18.9 Å². The number of hydrogen-bond acceptors (Lipinski definition) is 5. The first-order chi connectivity index (χ1) is 21.8. The summed E-state index contributed by atoms with van der Waals surface area (Å²) in [6.45, 7) is 4.21. The van der Waals surface area contributed by atoms with E-state index in [1.54, 1.807) is 42.5 Å². The number of para-hydroxylation sites is 2. The highest BCUT2D eigenvalue weighted by molar-refractivity contribution is 7.92. The molecule has 0 unspecified atom stereocenters. The Hall–Kier alpha value is -4.63. The van der Waals surface area contributed by atoms with E-state index in [1.165, 1.54) is 17.0 Å². The second-order valence-corrected chi connectivity index (χ2v) is 12.4. The molecule has 4 rings (SSSR count). The molecular formula is C36H41N3O5S. The molecule has 236 valence electrons. The van der Waals surface area contributed by atoms with E-state index >= 15 is 0 Å². The summed E-state index contributed by atoms with van der Waals surface area (Å²) in [6.07, 6.45) is 1.97. The third-order valence-electron chi connectivity index (χ3n) is 7.34. The van der Waals surface area contributed by atoms with Gasteiger partial charge in [-0.15, -0.1) is 0 Å². The number of anilines is 1. The summed E-state index contributed by atoms with van der Waals surface area (Å²) in [7, 11) is -4.21. The van der Waals surface area contributed by atoms with Crippen molar-refractivity contribution in [3.8, 4) is 5.75 Å². The number of ether oxygens (including phenoxy) is 1. The van der Waals surface area contributed by atoms with E-state index in [9.17, 15) is 18.0 Å². The summed E-state index contributed by atoms with van der Waals surface area (Å²) in [5, 5.41) is 3.01. The Kier molecular flexibility index (Phi) is 12.2. The zero-order valence-electron chi connectivity index (χ0n) is 25.8. The molecule has 4 aromatic rings. The number of amides is 2. The minimum Gasteiger partial charge on any atom is -0.492 e. The van der Waals surface area contributed by atoms with Crippen LogP contribution in [0.5, 0.6) is 5.75 Å².